The number of hydrogen-bond donors (Lipinski definition) is 1. The Morgan fingerprint density at radius 1 is 0.816 bits per heavy atom. The maximum Gasteiger partial charge on any atom is 0.0464 e. The lowest BCUT2D eigenvalue weighted by atomic mass is 9.91. The topological polar surface area (TPSA) is 15.3 Å². The number of allylic oxidation sites excluding steroid dienone is 8. The van der Waals surface area contributed by atoms with Crippen LogP contribution in [0.2, 0.25) is 0 Å². The largest absolute Gasteiger partial charge is 0.355 e. The third kappa shape index (κ3) is 4.50. The summed E-state index contributed by atoms with van der Waals surface area (Å²) in [4.78, 5) is 2.36. The van der Waals surface area contributed by atoms with Gasteiger partial charge >= 0.3 is 0 Å². The van der Waals surface area contributed by atoms with Crippen molar-refractivity contribution in [2.24, 2.45) is 0 Å². The van der Waals surface area contributed by atoms with E-state index in [1.807, 2.05) is 0 Å². The van der Waals surface area contributed by atoms with Gasteiger partial charge in [-0.1, -0.05) is 91.1 Å². The summed E-state index contributed by atoms with van der Waals surface area (Å²) in [6, 6.07) is 28.8. The fourth-order valence-corrected chi connectivity index (χ4v) is 5.51. The van der Waals surface area contributed by atoms with Crippen molar-refractivity contribution >= 4 is 27.8 Å². The van der Waals surface area contributed by atoms with E-state index in [9.17, 15) is 0 Å². The van der Waals surface area contributed by atoms with Crippen molar-refractivity contribution in [3.05, 3.63) is 150 Å². The summed E-state index contributed by atoms with van der Waals surface area (Å²) in [5, 5.41) is 6.36. The average molecular weight is 493 g/mol. The SMILES string of the molecule is C/C=C\C(=C/C)N(C1=CC=CC=CC1)c1cccc(-c2ccc3c(c2)Nc2ccc4ccccc4c2C3)c1. The minimum Gasteiger partial charge on any atom is -0.355 e. The van der Waals surface area contributed by atoms with E-state index in [0.29, 0.717) is 0 Å². The van der Waals surface area contributed by atoms with Gasteiger partial charge in [0.1, 0.15) is 0 Å². The lowest BCUT2D eigenvalue weighted by molar-refractivity contribution is 1.03. The van der Waals surface area contributed by atoms with Crippen LogP contribution in [0.25, 0.3) is 21.9 Å². The van der Waals surface area contributed by atoms with E-state index in [2.05, 4.69) is 152 Å². The lowest BCUT2D eigenvalue weighted by Crippen LogP contribution is -2.20. The van der Waals surface area contributed by atoms with Crippen LogP contribution in [0.1, 0.15) is 31.4 Å². The first-order valence-electron chi connectivity index (χ1n) is 13.4. The fraction of sp³-hybridized carbons (Fsp3) is 0.111. The molecule has 0 aromatic heterocycles. The summed E-state index contributed by atoms with van der Waals surface area (Å²) >= 11 is 0. The Morgan fingerprint density at radius 3 is 2.61 bits per heavy atom. The molecular formula is C36H32N2. The third-order valence-corrected chi connectivity index (χ3v) is 7.38. The molecule has 0 saturated carbocycles. The van der Waals surface area contributed by atoms with Gasteiger partial charge in [0.2, 0.25) is 0 Å². The van der Waals surface area contributed by atoms with E-state index < -0.39 is 0 Å². The van der Waals surface area contributed by atoms with E-state index in [4.69, 9.17) is 0 Å². The summed E-state index contributed by atoms with van der Waals surface area (Å²) in [6.07, 6.45) is 19.0. The zero-order chi connectivity index (χ0) is 25.9. The highest BCUT2D eigenvalue weighted by molar-refractivity contribution is 5.93. The van der Waals surface area contributed by atoms with Crippen molar-refractivity contribution in [2.45, 2.75) is 26.7 Å². The average Bonchev–Trinajstić information content (AvgIpc) is 3.25. The number of fused-ring (bicyclic) bond motifs is 4. The maximum absolute atomic E-state index is 3.73. The fourth-order valence-electron chi connectivity index (χ4n) is 5.51. The van der Waals surface area contributed by atoms with Gasteiger partial charge < -0.3 is 10.2 Å². The van der Waals surface area contributed by atoms with Crippen LogP contribution in [0, 0.1) is 0 Å². The summed E-state index contributed by atoms with van der Waals surface area (Å²) in [5.74, 6) is 0. The van der Waals surface area contributed by atoms with E-state index in [0.717, 1.165) is 24.2 Å². The van der Waals surface area contributed by atoms with E-state index in [1.165, 1.54) is 50.1 Å². The van der Waals surface area contributed by atoms with E-state index >= 15 is 0 Å². The molecule has 1 N–H and O–H groups in total. The smallest absolute Gasteiger partial charge is 0.0464 e. The molecule has 6 rings (SSSR count). The lowest BCUT2D eigenvalue weighted by Gasteiger charge is -2.29. The minimum absolute atomic E-state index is 0.878. The van der Waals surface area contributed by atoms with Crippen LogP contribution >= 0.6 is 0 Å². The Kier molecular flexibility index (Phi) is 6.54. The van der Waals surface area contributed by atoms with Gasteiger partial charge in [0.05, 0.1) is 0 Å². The molecular weight excluding hydrogens is 460 g/mol. The van der Waals surface area contributed by atoms with Crippen LogP contribution in [-0.4, -0.2) is 0 Å². The molecule has 38 heavy (non-hydrogen) atoms. The second-order valence-electron chi connectivity index (χ2n) is 9.76. The van der Waals surface area contributed by atoms with Crippen LogP contribution < -0.4 is 10.2 Å². The first-order valence-corrected chi connectivity index (χ1v) is 13.4. The Labute approximate surface area is 225 Å². The molecule has 0 atom stereocenters. The molecule has 0 bridgehead atoms. The number of benzene rings is 4. The molecule has 4 aromatic rings. The molecule has 0 spiro atoms. The van der Waals surface area contributed by atoms with Gasteiger partial charge in [-0.05, 0) is 83.3 Å². The highest BCUT2D eigenvalue weighted by atomic mass is 15.2. The first-order chi connectivity index (χ1) is 18.7. The Morgan fingerprint density at radius 2 is 1.71 bits per heavy atom. The number of anilines is 3. The van der Waals surface area contributed by atoms with Crippen LogP contribution in [-0.2, 0) is 6.42 Å². The second-order valence-corrected chi connectivity index (χ2v) is 9.76. The molecule has 186 valence electrons. The van der Waals surface area contributed by atoms with Gasteiger partial charge in [-0.25, -0.2) is 0 Å². The molecule has 0 unspecified atom stereocenters. The minimum atomic E-state index is 0.878. The van der Waals surface area contributed by atoms with Crippen LogP contribution in [0.3, 0.4) is 0 Å². The molecule has 2 aliphatic rings. The molecule has 4 aromatic carbocycles. The Bertz CT molecular complexity index is 1660. The zero-order valence-corrected chi connectivity index (χ0v) is 22.0. The highest BCUT2D eigenvalue weighted by Gasteiger charge is 2.19. The van der Waals surface area contributed by atoms with E-state index in [1.54, 1.807) is 0 Å². The van der Waals surface area contributed by atoms with Crippen molar-refractivity contribution in [2.75, 3.05) is 10.2 Å². The zero-order valence-electron chi connectivity index (χ0n) is 22.0. The normalized spacial score (nSPS) is 14.6. The molecule has 1 aliphatic carbocycles. The van der Waals surface area contributed by atoms with Crippen LogP contribution in [0.4, 0.5) is 17.1 Å². The Hall–Kier alpha value is -4.56. The van der Waals surface area contributed by atoms with Crippen molar-refractivity contribution in [1.82, 2.24) is 0 Å². The van der Waals surface area contributed by atoms with Crippen molar-refractivity contribution in [3.8, 4) is 11.1 Å². The van der Waals surface area contributed by atoms with Crippen molar-refractivity contribution in [3.63, 3.8) is 0 Å². The number of nitrogens with zero attached hydrogens (tertiary/aromatic N) is 1. The van der Waals surface area contributed by atoms with Crippen molar-refractivity contribution in [1.29, 1.82) is 0 Å². The van der Waals surface area contributed by atoms with Crippen LogP contribution in [0.15, 0.2) is 139 Å². The Balaban J connectivity index is 1.37. The molecule has 0 radical (unpaired) electrons. The molecule has 0 fully saturated rings. The molecule has 2 heteroatoms. The van der Waals surface area contributed by atoms with Gasteiger partial charge in [0, 0.05) is 41.3 Å². The summed E-state index contributed by atoms with van der Waals surface area (Å²) in [6.45, 7) is 4.17. The standard InChI is InChI=1S/C36H32N2/c1-3-12-30(4-2)38(31-15-7-5-6-8-16-31)32-17-11-14-27(23-32)28-19-20-29-24-34-33-18-10-9-13-26(33)21-22-35(34)37-36(29)25-28/h3-15,17-23,25,37H,16,24H2,1-2H3/b12-3-,30-4+. The monoisotopic (exact) mass is 492 g/mol. The third-order valence-electron chi connectivity index (χ3n) is 7.38. The summed E-state index contributed by atoms with van der Waals surface area (Å²) in [7, 11) is 0. The second kappa shape index (κ2) is 10.4. The number of hydrogen-bond acceptors (Lipinski definition) is 2. The maximum atomic E-state index is 3.73. The predicted molar refractivity (Wildman–Crippen MR) is 164 cm³/mol. The number of nitrogens with one attached hydrogen (secondary N) is 1. The summed E-state index contributed by atoms with van der Waals surface area (Å²) < 4.78 is 0. The van der Waals surface area contributed by atoms with Gasteiger partial charge in [0.15, 0.2) is 0 Å². The van der Waals surface area contributed by atoms with Crippen LogP contribution in [0.5, 0.6) is 0 Å². The highest BCUT2D eigenvalue weighted by Crippen LogP contribution is 2.39. The van der Waals surface area contributed by atoms with Gasteiger partial charge in [-0.15, -0.1) is 0 Å². The van der Waals surface area contributed by atoms with Gasteiger partial charge in [-0.2, -0.15) is 0 Å². The number of rotatable bonds is 5. The van der Waals surface area contributed by atoms with Crippen molar-refractivity contribution < 1.29 is 0 Å². The van der Waals surface area contributed by atoms with Gasteiger partial charge in [-0.3, -0.25) is 0 Å². The molecule has 0 saturated heterocycles. The molecule has 1 aliphatic heterocycles. The molecule has 1 heterocycles. The van der Waals surface area contributed by atoms with E-state index in [-0.39, 0.29) is 0 Å². The molecule has 0 amide bonds. The molecule has 2 nitrogen and oxygen atoms in total. The first kappa shape index (κ1) is 23.8. The summed E-state index contributed by atoms with van der Waals surface area (Å²) in [5.41, 5.74) is 11.1. The predicted octanol–water partition coefficient (Wildman–Crippen LogP) is 9.84. The van der Waals surface area contributed by atoms with Gasteiger partial charge in [0.25, 0.3) is 0 Å². The quantitative estimate of drug-likeness (QED) is 0.246.